The molecule has 1 aromatic heterocycles. The lowest BCUT2D eigenvalue weighted by molar-refractivity contribution is -0.116. The van der Waals surface area contributed by atoms with Gasteiger partial charge in [0.25, 0.3) is 5.91 Å². The van der Waals surface area contributed by atoms with E-state index in [4.69, 9.17) is 15.2 Å². The van der Waals surface area contributed by atoms with Crippen molar-refractivity contribution in [3.63, 3.8) is 0 Å². The van der Waals surface area contributed by atoms with Gasteiger partial charge in [0.05, 0.1) is 19.9 Å². The minimum absolute atomic E-state index is 0.0172. The highest BCUT2D eigenvalue weighted by Gasteiger charge is 2.19. The van der Waals surface area contributed by atoms with Gasteiger partial charge in [0, 0.05) is 11.8 Å². The number of carbonyl (C=O) groups excluding carboxylic acids is 2. The molecule has 0 saturated carbocycles. The summed E-state index contributed by atoms with van der Waals surface area (Å²) in [6.07, 6.45) is 0. The first-order valence-corrected chi connectivity index (χ1v) is 9.00. The van der Waals surface area contributed by atoms with Gasteiger partial charge in [-0.05, 0) is 31.2 Å². The van der Waals surface area contributed by atoms with Gasteiger partial charge in [-0.2, -0.15) is 0 Å². The number of nitrogens with zero attached hydrogens (tertiary/aromatic N) is 3. The van der Waals surface area contributed by atoms with Crippen LogP contribution in [0, 0.1) is 6.92 Å². The van der Waals surface area contributed by atoms with E-state index in [0.717, 1.165) is 10.2 Å². The van der Waals surface area contributed by atoms with Gasteiger partial charge in [-0.25, -0.2) is 4.68 Å². The summed E-state index contributed by atoms with van der Waals surface area (Å²) in [6, 6.07) is 12.3. The van der Waals surface area contributed by atoms with Crippen LogP contribution in [-0.2, 0) is 11.3 Å². The Hall–Kier alpha value is -4.08. The van der Waals surface area contributed by atoms with E-state index in [0.29, 0.717) is 22.9 Å². The molecule has 0 bridgehead atoms. The van der Waals surface area contributed by atoms with E-state index in [1.807, 2.05) is 19.1 Å². The number of aromatic nitrogens is 3. The van der Waals surface area contributed by atoms with Gasteiger partial charge in [-0.15, -0.1) is 5.10 Å². The Bertz CT molecular complexity index is 1060. The normalized spacial score (nSPS) is 10.4. The standard InChI is InChI=1S/C20H22N6O4/c1-12-4-6-13(7-5-12)22-20(28)18-19(21)26(25-24-18)11-17(27)23-15-9-8-14(29-2)10-16(15)30-3/h4-10H,11,21H2,1-3H3,(H,22,28)(H,23,27). The third kappa shape index (κ3) is 4.66. The largest absolute Gasteiger partial charge is 0.497 e. The molecule has 156 valence electrons. The molecule has 0 spiro atoms. The SMILES string of the molecule is COc1ccc(NC(=O)Cn2nnc(C(=O)Nc3ccc(C)cc3)c2N)c(OC)c1. The van der Waals surface area contributed by atoms with Gasteiger partial charge >= 0.3 is 0 Å². The van der Waals surface area contributed by atoms with Gasteiger partial charge in [0.15, 0.2) is 11.5 Å². The fourth-order valence-electron chi connectivity index (χ4n) is 2.65. The quantitative estimate of drug-likeness (QED) is 0.543. The Balaban J connectivity index is 1.68. The lowest BCUT2D eigenvalue weighted by Gasteiger charge is -2.11. The molecule has 3 rings (SSSR count). The van der Waals surface area contributed by atoms with Crippen LogP contribution in [-0.4, -0.2) is 41.0 Å². The van der Waals surface area contributed by atoms with Gasteiger partial charge < -0.3 is 25.8 Å². The van der Waals surface area contributed by atoms with E-state index in [1.165, 1.54) is 14.2 Å². The van der Waals surface area contributed by atoms with E-state index in [1.54, 1.807) is 30.3 Å². The number of rotatable bonds is 7. The number of methoxy groups -OCH3 is 2. The third-order valence-electron chi connectivity index (χ3n) is 4.27. The maximum atomic E-state index is 12.4. The minimum Gasteiger partial charge on any atom is -0.497 e. The van der Waals surface area contributed by atoms with Crippen LogP contribution in [0.2, 0.25) is 0 Å². The average Bonchev–Trinajstić information content (AvgIpc) is 3.10. The van der Waals surface area contributed by atoms with Crippen molar-refractivity contribution >= 4 is 29.0 Å². The Morgan fingerprint density at radius 1 is 1.07 bits per heavy atom. The van der Waals surface area contributed by atoms with Crippen LogP contribution in [0.3, 0.4) is 0 Å². The van der Waals surface area contributed by atoms with Crippen LogP contribution in [0.5, 0.6) is 11.5 Å². The average molecular weight is 410 g/mol. The minimum atomic E-state index is -0.514. The predicted molar refractivity (Wildman–Crippen MR) is 112 cm³/mol. The van der Waals surface area contributed by atoms with E-state index >= 15 is 0 Å². The van der Waals surface area contributed by atoms with Crippen LogP contribution in [0.15, 0.2) is 42.5 Å². The topological polar surface area (TPSA) is 133 Å². The molecule has 0 radical (unpaired) electrons. The molecule has 0 aliphatic rings. The fraction of sp³-hybridized carbons (Fsp3) is 0.200. The first-order valence-electron chi connectivity index (χ1n) is 9.00. The summed E-state index contributed by atoms with van der Waals surface area (Å²) in [5.41, 5.74) is 8.04. The van der Waals surface area contributed by atoms with Gasteiger partial charge in [0.2, 0.25) is 5.91 Å². The number of benzene rings is 2. The summed E-state index contributed by atoms with van der Waals surface area (Å²) in [7, 11) is 3.02. The maximum Gasteiger partial charge on any atom is 0.280 e. The second-order valence-electron chi connectivity index (χ2n) is 6.42. The Kier molecular flexibility index (Phi) is 6.16. The van der Waals surface area contributed by atoms with Crippen LogP contribution in [0.25, 0.3) is 0 Å². The van der Waals surface area contributed by atoms with Crippen LogP contribution in [0.1, 0.15) is 16.1 Å². The Labute approximate surface area is 173 Å². The number of amides is 2. The monoisotopic (exact) mass is 410 g/mol. The van der Waals surface area contributed by atoms with Gasteiger partial charge in [0.1, 0.15) is 18.0 Å². The van der Waals surface area contributed by atoms with Crippen molar-refractivity contribution < 1.29 is 19.1 Å². The number of nitrogen functional groups attached to an aromatic ring is 1. The molecule has 0 atom stereocenters. The summed E-state index contributed by atoms with van der Waals surface area (Å²) in [5.74, 6) is 0.0823. The van der Waals surface area contributed by atoms with E-state index < -0.39 is 11.8 Å². The number of anilines is 3. The van der Waals surface area contributed by atoms with Gasteiger partial charge in [-0.3, -0.25) is 9.59 Å². The highest BCUT2D eigenvalue weighted by molar-refractivity contribution is 6.05. The number of carbonyl (C=O) groups is 2. The lowest BCUT2D eigenvalue weighted by Crippen LogP contribution is -2.21. The van der Waals surface area contributed by atoms with Crippen molar-refractivity contribution in [2.75, 3.05) is 30.6 Å². The molecule has 3 aromatic rings. The molecule has 0 aliphatic heterocycles. The number of aryl methyl sites for hydroxylation is 1. The summed E-state index contributed by atoms with van der Waals surface area (Å²) >= 11 is 0. The van der Waals surface area contributed by atoms with Crippen LogP contribution < -0.4 is 25.8 Å². The fourth-order valence-corrected chi connectivity index (χ4v) is 2.65. The molecular weight excluding hydrogens is 388 g/mol. The van der Waals surface area contributed by atoms with E-state index in [-0.39, 0.29) is 18.1 Å². The molecular formula is C20H22N6O4. The van der Waals surface area contributed by atoms with Crippen molar-refractivity contribution in [1.82, 2.24) is 15.0 Å². The molecule has 0 unspecified atom stereocenters. The second-order valence-corrected chi connectivity index (χ2v) is 6.42. The molecule has 2 aromatic carbocycles. The number of nitrogens with two attached hydrogens (primary N) is 1. The molecule has 0 aliphatic carbocycles. The molecule has 30 heavy (non-hydrogen) atoms. The van der Waals surface area contributed by atoms with Crippen LogP contribution >= 0.6 is 0 Å². The number of nitrogens with one attached hydrogen (secondary N) is 2. The van der Waals surface area contributed by atoms with E-state index in [2.05, 4.69) is 20.9 Å². The number of hydrogen-bond acceptors (Lipinski definition) is 7. The zero-order valence-corrected chi connectivity index (χ0v) is 16.8. The second kappa shape index (κ2) is 8.95. The molecule has 10 heteroatoms. The van der Waals surface area contributed by atoms with Crippen molar-refractivity contribution in [3.05, 3.63) is 53.7 Å². The summed E-state index contributed by atoms with van der Waals surface area (Å²) < 4.78 is 11.5. The molecule has 10 nitrogen and oxygen atoms in total. The maximum absolute atomic E-state index is 12.4. The predicted octanol–water partition coefficient (Wildman–Crippen LogP) is 2.08. The van der Waals surface area contributed by atoms with Crippen molar-refractivity contribution in [2.45, 2.75) is 13.5 Å². The number of ether oxygens (including phenoxy) is 2. The Morgan fingerprint density at radius 3 is 2.47 bits per heavy atom. The molecule has 0 fully saturated rings. The summed E-state index contributed by atoms with van der Waals surface area (Å²) in [4.78, 5) is 24.8. The van der Waals surface area contributed by atoms with Crippen molar-refractivity contribution in [3.8, 4) is 11.5 Å². The number of hydrogen-bond donors (Lipinski definition) is 3. The molecule has 1 heterocycles. The highest BCUT2D eigenvalue weighted by atomic mass is 16.5. The first-order chi connectivity index (χ1) is 14.4. The summed E-state index contributed by atoms with van der Waals surface area (Å²) in [5, 5.41) is 13.0. The molecule has 4 N–H and O–H groups in total. The van der Waals surface area contributed by atoms with Crippen molar-refractivity contribution in [2.24, 2.45) is 0 Å². The molecule has 0 saturated heterocycles. The highest BCUT2D eigenvalue weighted by Crippen LogP contribution is 2.29. The van der Waals surface area contributed by atoms with Gasteiger partial charge in [-0.1, -0.05) is 22.9 Å². The third-order valence-corrected chi connectivity index (χ3v) is 4.27. The zero-order valence-electron chi connectivity index (χ0n) is 16.8. The zero-order chi connectivity index (χ0) is 21.7. The molecule has 2 amide bonds. The van der Waals surface area contributed by atoms with Crippen LogP contribution in [0.4, 0.5) is 17.2 Å². The smallest absolute Gasteiger partial charge is 0.280 e. The lowest BCUT2D eigenvalue weighted by atomic mass is 10.2. The summed E-state index contributed by atoms with van der Waals surface area (Å²) in [6.45, 7) is 1.72. The van der Waals surface area contributed by atoms with E-state index in [9.17, 15) is 9.59 Å². The Morgan fingerprint density at radius 2 is 1.80 bits per heavy atom. The first kappa shape index (κ1) is 20.6. The van der Waals surface area contributed by atoms with Crippen molar-refractivity contribution in [1.29, 1.82) is 0 Å².